The smallest absolute Gasteiger partial charge is 0.329 e. The normalized spacial score (nSPS) is 27.3. The summed E-state index contributed by atoms with van der Waals surface area (Å²) in [6.45, 7) is 1.52. The maximum atomic E-state index is 12.2. The second-order valence-corrected chi connectivity index (χ2v) is 5.37. The predicted octanol–water partition coefficient (Wildman–Crippen LogP) is 0.269. The van der Waals surface area contributed by atoms with Crippen LogP contribution in [-0.2, 0) is 14.3 Å². The Hall–Kier alpha value is -1.14. The summed E-state index contributed by atoms with van der Waals surface area (Å²) in [6, 6.07) is -0.437. The highest BCUT2D eigenvalue weighted by atomic mass is 16.5. The molecule has 2 aliphatic rings. The zero-order valence-corrected chi connectivity index (χ0v) is 11.1. The zero-order valence-electron chi connectivity index (χ0n) is 11.1. The average molecular weight is 270 g/mol. The number of amides is 1. The fourth-order valence-corrected chi connectivity index (χ4v) is 2.78. The van der Waals surface area contributed by atoms with Gasteiger partial charge in [0.25, 0.3) is 0 Å². The third-order valence-electron chi connectivity index (χ3n) is 3.97. The molecule has 0 radical (unpaired) electrons. The second-order valence-electron chi connectivity index (χ2n) is 5.37. The van der Waals surface area contributed by atoms with Gasteiger partial charge in [-0.1, -0.05) is 25.7 Å². The first kappa shape index (κ1) is 14.3. The predicted molar refractivity (Wildman–Crippen MR) is 68.8 cm³/mol. The summed E-state index contributed by atoms with van der Waals surface area (Å²) in [5.74, 6) is -1.18. The molecule has 3 N–H and O–H groups in total. The maximum Gasteiger partial charge on any atom is 0.329 e. The van der Waals surface area contributed by atoms with Crippen molar-refractivity contribution in [3.8, 4) is 0 Å². The standard InChI is InChI=1S/C13H22N2O4/c16-11(10-9-19-8-7-14-10)15-13(12(17)18)5-3-1-2-4-6-13/h10,14H,1-9H2,(H,15,16)(H,17,18). The molecule has 19 heavy (non-hydrogen) atoms. The first-order chi connectivity index (χ1) is 9.14. The summed E-state index contributed by atoms with van der Waals surface area (Å²) in [7, 11) is 0. The molecule has 1 saturated heterocycles. The van der Waals surface area contributed by atoms with Crippen LogP contribution in [0.25, 0.3) is 0 Å². The van der Waals surface area contributed by atoms with Crippen molar-refractivity contribution >= 4 is 11.9 Å². The van der Waals surface area contributed by atoms with Crippen molar-refractivity contribution in [2.75, 3.05) is 19.8 Å². The lowest BCUT2D eigenvalue weighted by molar-refractivity contribution is -0.149. The van der Waals surface area contributed by atoms with E-state index < -0.39 is 17.6 Å². The second kappa shape index (κ2) is 6.34. The number of nitrogens with one attached hydrogen (secondary N) is 2. The molecule has 1 aliphatic carbocycles. The van der Waals surface area contributed by atoms with Crippen molar-refractivity contribution in [1.29, 1.82) is 0 Å². The molecule has 6 heteroatoms. The van der Waals surface area contributed by atoms with E-state index in [2.05, 4.69) is 10.6 Å². The van der Waals surface area contributed by atoms with Crippen LogP contribution in [0.2, 0.25) is 0 Å². The summed E-state index contributed by atoms with van der Waals surface area (Å²) in [5.41, 5.74) is -1.09. The van der Waals surface area contributed by atoms with Crippen LogP contribution in [0.1, 0.15) is 38.5 Å². The highest BCUT2D eigenvalue weighted by Crippen LogP contribution is 2.27. The van der Waals surface area contributed by atoms with Gasteiger partial charge in [-0.25, -0.2) is 4.79 Å². The first-order valence-corrected chi connectivity index (χ1v) is 7.01. The van der Waals surface area contributed by atoms with E-state index in [9.17, 15) is 14.7 Å². The summed E-state index contributed by atoms with van der Waals surface area (Å²) >= 11 is 0. The third-order valence-corrected chi connectivity index (χ3v) is 3.97. The van der Waals surface area contributed by atoms with Gasteiger partial charge in [-0.3, -0.25) is 4.79 Å². The average Bonchev–Trinajstić information content (AvgIpc) is 2.66. The minimum atomic E-state index is -1.09. The molecule has 2 fully saturated rings. The van der Waals surface area contributed by atoms with Crippen LogP contribution in [0.3, 0.4) is 0 Å². The molecule has 2 rings (SSSR count). The summed E-state index contributed by atoms with van der Waals surface area (Å²) in [4.78, 5) is 23.8. The maximum absolute atomic E-state index is 12.2. The highest BCUT2D eigenvalue weighted by Gasteiger charge is 2.41. The molecule has 0 bridgehead atoms. The van der Waals surface area contributed by atoms with Gasteiger partial charge in [0.15, 0.2) is 0 Å². The van der Waals surface area contributed by atoms with Crippen LogP contribution in [0.15, 0.2) is 0 Å². The minimum absolute atomic E-state index is 0.260. The molecule has 0 spiro atoms. The van der Waals surface area contributed by atoms with Crippen LogP contribution in [0.5, 0.6) is 0 Å². The summed E-state index contributed by atoms with van der Waals surface area (Å²) in [6.07, 6.45) is 4.80. The fourth-order valence-electron chi connectivity index (χ4n) is 2.78. The Morgan fingerprint density at radius 2 is 1.89 bits per heavy atom. The molecule has 1 amide bonds. The van der Waals surface area contributed by atoms with Crippen LogP contribution >= 0.6 is 0 Å². The van der Waals surface area contributed by atoms with E-state index >= 15 is 0 Å². The van der Waals surface area contributed by atoms with Crippen molar-refractivity contribution in [3.05, 3.63) is 0 Å². The fraction of sp³-hybridized carbons (Fsp3) is 0.846. The molecule has 6 nitrogen and oxygen atoms in total. The molecule has 1 aliphatic heterocycles. The monoisotopic (exact) mass is 270 g/mol. The van der Waals surface area contributed by atoms with E-state index in [-0.39, 0.29) is 5.91 Å². The zero-order chi connectivity index (χ0) is 13.7. The van der Waals surface area contributed by atoms with Gasteiger partial charge in [0.2, 0.25) is 5.91 Å². The number of morpholine rings is 1. The number of carbonyl (C=O) groups is 2. The van der Waals surface area contributed by atoms with Crippen molar-refractivity contribution in [1.82, 2.24) is 10.6 Å². The number of hydrogen-bond donors (Lipinski definition) is 3. The van der Waals surface area contributed by atoms with Crippen LogP contribution < -0.4 is 10.6 Å². The Kier molecular flexibility index (Phi) is 4.76. The van der Waals surface area contributed by atoms with Gasteiger partial charge in [-0.15, -0.1) is 0 Å². The van der Waals surface area contributed by atoms with Crippen molar-refractivity contribution < 1.29 is 19.4 Å². The van der Waals surface area contributed by atoms with Gasteiger partial charge in [-0.05, 0) is 12.8 Å². The number of aliphatic carboxylic acids is 1. The van der Waals surface area contributed by atoms with E-state index in [1.165, 1.54) is 0 Å². The quantitative estimate of drug-likeness (QED) is 0.641. The molecule has 1 saturated carbocycles. The molecule has 1 unspecified atom stereocenters. The largest absolute Gasteiger partial charge is 0.480 e. The van der Waals surface area contributed by atoms with E-state index in [0.717, 1.165) is 25.7 Å². The minimum Gasteiger partial charge on any atom is -0.480 e. The summed E-state index contributed by atoms with van der Waals surface area (Å²) < 4.78 is 5.24. The van der Waals surface area contributed by atoms with Gasteiger partial charge in [0, 0.05) is 6.54 Å². The highest BCUT2D eigenvalue weighted by molar-refractivity contribution is 5.89. The van der Waals surface area contributed by atoms with E-state index in [4.69, 9.17) is 4.74 Å². The Morgan fingerprint density at radius 1 is 1.21 bits per heavy atom. The van der Waals surface area contributed by atoms with Crippen molar-refractivity contribution in [2.45, 2.75) is 50.1 Å². The molecule has 0 aromatic heterocycles. The lowest BCUT2D eigenvalue weighted by Crippen LogP contribution is -2.60. The van der Waals surface area contributed by atoms with Gasteiger partial charge in [0.1, 0.15) is 11.6 Å². The Morgan fingerprint density at radius 3 is 2.42 bits per heavy atom. The molecule has 108 valence electrons. The van der Waals surface area contributed by atoms with Crippen LogP contribution in [-0.4, -0.2) is 48.3 Å². The van der Waals surface area contributed by atoms with Gasteiger partial charge in [-0.2, -0.15) is 0 Å². The lowest BCUT2D eigenvalue weighted by atomic mass is 9.90. The molecule has 0 aromatic rings. The topological polar surface area (TPSA) is 87.7 Å². The van der Waals surface area contributed by atoms with Gasteiger partial charge in [0.05, 0.1) is 13.2 Å². The molecular weight excluding hydrogens is 248 g/mol. The number of rotatable bonds is 3. The third kappa shape index (κ3) is 3.45. The van der Waals surface area contributed by atoms with E-state index in [1.807, 2.05) is 0 Å². The number of ether oxygens (including phenoxy) is 1. The van der Waals surface area contributed by atoms with Crippen LogP contribution in [0, 0.1) is 0 Å². The Balaban J connectivity index is 2.02. The molecule has 1 atom stereocenters. The number of carbonyl (C=O) groups excluding carboxylic acids is 1. The van der Waals surface area contributed by atoms with Crippen molar-refractivity contribution in [2.24, 2.45) is 0 Å². The molecule has 1 heterocycles. The lowest BCUT2D eigenvalue weighted by Gasteiger charge is -2.32. The SMILES string of the molecule is O=C(NC1(C(=O)O)CCCCCC1)C1COCCN1. The first-order valence-electron chi connectivity index (χ1n) is 7.01. The number of hydrogen-bond acceptors (Lipinski definition) is 4. The van der Waals surface area contributed by atoms with E-state index in [1.54, 1.807) is 0 Å². The number of carboxylic acid groups (broad SMARTS) is 1. The Bertz CT molecular complexity index is 332. The molecule has 0 aromatic carbocycles. The van der Waals surface area contributed by atoms with Crippen LogP contribution in [0.4, 0.5) is 0 Å². The van der Waals surface area contributed by atoms with Gasteiger partial charge < -0.3 is 20.5 Å². The summed E-state index contributed by atoms with van der Waals surface area (Å²) in [5, 5.41) is 15.3. The van der Waals surface area contributed by atoms with Crippen molar-refractivity contribution in [3.63, 3.8) is 0 Å². The Labute approximate surface area is 112 Å². The van der Waals surface area contributed by atoms with Gasteiger partial charge >= 0.3 is 5.97 Å². The molecular formula is C13H22N2O4. The number of carboxylic acids is 1. The van der Waals surface area contributed by atoms with E-state index in [0.29, 0.717) is 32.6 Å².